The van der Waals surface area contributed by atoms with Crippen molar-refractivity contribution >= 4 is 28.7 Å². The molecular formula is C22H18F3N3O5. The van der Waals surface area contributed by atoms with E-state index in [9.17, 15) is 22.8 Å². The number of alkyl halides is 3. The Morgan fingerprint density at radius 1 is 1.00 bits per heavy atom. The van der Waals surface area contributed by atoms with E-state index in [0.717, 1.165) is 16.5 Å². The minimum absolute atomic E-state index is 0.121. The highest BCUT2D eigenvalue weighted by molar-refractivity contribution is 5.98. The van der Waals surface area contributed by atoms with Gasteiger partial charge < -0.3 is 19.1 Å². The molecule has 0 saturated carbocycles. The zero-order valence-corrected chi connectivity index (χ0v) is 17.6. The number of fused-ring (bicyclic) bond motifs is 2. The molecule has 1 aliphatic heterocycles. The molecule has 11 heteroatoms. The Labute approximate surface area is 185 Å². The number of halogens is 3. The van der Waals surface area contributed by atoms with Gasteiger partial charge in [0.05, 0.1) is 25.3 Å². The van der Waals surface area contributed by atoms with E-state index in [0.29, 0.717) is 42.3 Å². The molecule has 1 aromatic heterocycles. The van der Waals surface area contributed by atoms with Gasteiger partial charge in [-0.2, -0.15) is 13.2 Å². The summed E-state index contributed by atoms with van der Waals surface area (Å²) in [6, 6.07) is 7.97. The van der Waals surface area contributed by atoms with E-state index in [1.54, 1.807) is 18.2 Å². The summed E-state index contributed by atoms with van der Waals surface area (Å²) in [7, 11) is 3.07. The van der Waals surface area contributed by atoms with Gasteiger partial charge in [-0.05, 0) is 35.7 Å². The SMILES string of the molecule is COc1cc2ncnc(N3CCc4cc(C(=O)OC(=O)C(F)(F)F)ccc4C3)c2cc1OC. The van der Waals surface area contributed by atoms with E-state index in [2.05, 4.69) is 14.7 Å². The Balaban J connectivity index is 1.59. The summed E-state index contributed by atoms with van der Waals surface area (Å²) >= 11 is 0. The zero-order chi connectivity index (χ0) is 23.8. The smallest absolute Gasteiger partial charge is 0.491 e. The fraction of sp³-hybridized carbons (Fsp3) is 0.273. The number of methoxy groups -OCH3 is 2. The van der Waals surface area contributed by atoms with Crippen LogP contribution in [-0.2, 0) is 22.5 Å². The Morgan fingerprint density at radius 2 is 1.73 bits per heavy atom. The van der Waals surface area contributed by atoms with Gasteiger partial charge in [0.2, 0.25) is 0 Å². The first-order chi connectivity index (χ1) is 15.7. The van der Waals surface area contributed by atoms with Crippen molar-refractivity contribution in [2.45, 2.75) is 19.1 Å². The van der Waals surface area contributed by atoms with Crippen LogP contribution >= 0.6 is 0 Å². The molecule has 3 aromatic rings. The molecular weight excluding hydrogens is 443 g/mol. The zero-order valence-electron chi connectivity index (χ0n) is 17.6. The predicted octanol–water partition coefficient (Wildman–Crippen LogP) is 3.46. The first-order valence-corrected chi connectivity index (χ1v) is 9.78. The number of nitrogens with zero attached hydrogens (tertiary/aromatic N) is 3. The maximum Gasteiger partial charge on any atom is 0.491 e. The van der Waals surface area contributed by atoms with Crippen molar-refractivity contribution < 1.29 is 37.0 Å². The molecule has 8 nitrogen and oxygen atoms in total. The molecule has 0 radical (unpaired) electrons. The van der Waals surface area contributed by atoms with Crippen molar-refractivity contribution in [3.8, 4) is 11.5 Å². The van der Waals surface area contributed by atoms with E-state index in [1.807, 2.05) is 4.90 Å². The molecule has 1 aliphatic rings. The van der Waals surface area contributed by atoms with E-state index in [1.165, 1.54) is 32.7 Å². The van der Waals surface area contributed by atoms with Crippen LogP contribution in [0.3, 0.4) is 0 Å². The van der Waals surface area contributed by atoms with Gasteiger partial charge in [-0.3, -0.25) is 0 Å². The molecule has 0 amide bonds. The van der Waals surface area contributed by atoms with Gasteiger partial charge in [0.25, 0.3) is 0 Å². The molecule has 2 aromatic carbocycles. The molecule has 0 fully saturated rings. The molecule has 0 N–H and O–H groups in total. The maximum atomic E-state index is 12.3. The van der Waals surface area contributed by atoms with Crippen LogP contribution < -0.4 is 14.4 Å². The Kier molecular flexibility index (Phi) is 5.79. The number of carbonyl (C=O) groups excluding carboxylic acids is 2. The number of aromatic nitrogens is 2. The van der Waals surface area contributed by atoms with Gasteiger partial charge >= 0.3 is 18.1 Å². The highest BCUT2D eigenvalue weighted by Crippen LogP contribution is 2.36. The van der Waals surface area contributed by atoms with E-state index in [4.69, 9.17) is 9.47 Å². The van der Waals surface area contributed by atoms with E-state index >= 15 is 0 Å². The second-order valence-corrected chi connectivity index (χ2v) is 7.25. The van der Waals surface area contributed by atoms with Crippen molar-refractivity contribution in [1.82, 2.24) is 9.97 Å². The van der Waals surface area contributed by atoms with Crippen molar-refractivity contribution in [2.75, 3.05) is 25.7 Å². The summed E-state index contributed by atoms with van der Waals surface area (Å²) in [6.45, 7) is 0.986. The van der Waals surface area contributed by atoms with Crippen LogP contribution in [0.4, 0.5) is 19.0 Å². The maximum absolute atomic E-state index is 12.3. The summed E-state index contributed by atoms with van der Waals surface area (Å²) in [4.78, 5) is 33.6. The molecule has 0 spiro atoms. The molecule has 4 rings (SSSR count). The second-order valence-electron chi connectivity index (χ2n) is 7.25. The van der Waals surface area contributed by atoms with Crippen molar-refractivity contribution in [2.24, 2.45) is 0 Å². The molecule has 2 heterocycles. The number of ether oxygens (including phenoxy) is 3. The van der Waals surface area contributed by atoms with Crippen LogP contribution in [0, 0.1) is 0 Å². The van der Waals surface area contributed by atoms with E-state index < -0.39 is 18.1 Å². The highest BCUT2D eigenvalue weighted by Gasteiger charge is 2.42. The number of hydrogen-bond acceptors (Lipinski definition) is 8. The molecule has 0 aliphatic carbocycles. The quantitative estimate of drug-likeness (QED) is 0.431. The summed E-state index contributed by atoms with van der Waals surface area (Å²) in [5.41, 5.74) is 2.20. The second kappa shape index (κ2) is 8.57. The van der Waals surface area contributed by atoms with Gasteiger partial charge in [-0.25, -0.2) is 19.6 Å². The molecule has 33 heavy (non-hydrogen) atoms. The Morgan fingerprint density at radius 3 is 2.42 bits per heavy atom. The number of rotatable bonds is 4. The topological polar surface area (TPSA) is 90.9 Å². The molecule has 0 saturated heterocycles. The predicted molar refractivity (Wildman–Crippen MR) is 110 cm³/mol. The number of hydrogen-bond donors (Lipinski definition) is 0. The average Bonchev–Trinajstić information content (AvgIpc) is 2.81. The van der Waals surface area contributed by atoms with Crippen molar-refractivity contribution in [3.05, 3.63) is 53.3 Å². The largest absolute Gasteiger partial charge is 0.493 e. The lowest BCUT2D eigenvalue weighted by Gasteiger charge is -2.30. The molecule has 172 valence electrons. The Bertz CT molecular complexity index is 1250. The third-order valence-electron chi connectivity index (χ3n) is 5.29. The summed E-state index contributed by atoms with van der Waals surface area (Å²) in [5.74, 6) is -2.12. The highest BCUT2D eigenvalue weighted by atomic mass is 19.4. The van der Waals surface area contributed by atoms with E-state index in [-0.39, 0.29) is 5.56 Å². The normalized spacial score (nSPS) is 13.4. The lowest BCUT2D eigenvalue weighted by molar-refractivity contribution is -0.193. The molecule has 0 bridgehead atoms. The van der Waals surface area contributed by atoms with Crippen LogP contribution in [0.1, 0.15) is 21.5 Å². The summed E-state index contributed by atoms with van der Waals surface area (Å²) < 4.78 is 51.7. The lowest BCUT2D eigenvalue weighted by Crippen LogP contribution is -2.31. The number of esters is 2. The van der Waals surface area contributed by atoms with Crippen molar-refractivity contribution in [1.29, 1.82) is 0 Å². The van der Waals surface area contributed by atoms with Gasteiger partial charge in [0.15, 0.2) is 11.5 Å². The standard InChI is InChI=1S/C22H18F3N3O5/c1-31-17-8-15-16(9-18(17)32-2)26-11-27-19(15)28-6-5-12-7-13(3-4-14(12)10-28)20(29)33-21(30)22(23,24)25/h3-4,7-9,11H,5-6,10H2,1-2H3. The van der Waals surface area contributed by atoms with Crippen LogP contribution in [-0.4, -0.2) is 48.8 Å². The summed E-state index contributed by atoms with van der Waals surface area (Å²) in [5, 5.41) is 0.768. The van der Waals surface area contributed by atoms with Crippen LogP contribution in [0.15, 0.2) is 36.7 Å². The lowest BCUT2D eigenvalue weighted by atomic mass is 9.97. The van der Waals surface area contributed by atoms with Crippen LogP contribution in [0.25, 0.3) is 10.9 Å². The fourth-order valence-corrected chi connectivity index (χ4v) is 3.68. The average molecular weight is 461 g/mol. The fourth-order valence-electron chi connectivity index (χ4n) is 3.68. The third-order valence-corrected chi connectivity index (χ3v) is 5.29. The number of carbonyl (C=O) groups is 2. The first kappa shape index (κ1) is 22.3. The Hall–Kier alpha value is -3.89. The number of benzene rings is 2. The summed E-state index contributed by atoms with van der Waals surface area (Å²) in [6.07, 6.45) is -3.28. The minimum Gasteiger partial charge on any atom is -0.493 e. The van der Waals surface area contributed by atoms with Gasteiger partial charge in [-0.1, -0.05) is 6.07 Å². The molecule has 0 unspecified atom stereocenters. The minimum atomic E-state index is -5.24. The van der Waals surface area contributed by atoms with Gasteiger partial charge in [0, 0.05) is 24.5 Å². The molecule has 0 atom stereocenters. The monoisotopic (exact) mass is 461 g/mol. The van der Waals surface area contributed by atoms with Crippen molar-refractivity contribution in [3.63, 3.8) is 0 Å². The third kappa shape index (κ3) is 4.38. The van der Waals surface area contributed by atoms with Crippen LogP contribution in [0.5, 0.6) is 11.5 Å². The number of anilines is 1. The van der Waals surface area contributed by atoms with Gasteiger partial charge in [-0.15, -0.1) is 0 Å². The first-order valence-electron chi connectivity index (χ1n) is 9.78. The van der Waals surface area contributed by atoms with Crippen LogP contribution in [0.2, 0.25) is 0 Å². The van der Waals surface area contributed by atoms with Gasteiger partial charge in [0.1, 0.15) is 12.1 Å².